The van der Waals surface area contributed by atoms with Crippen LogP contribution in [-0.4, -0.2) is 20.5 Å². The molecule has 0 aliphatic rings. The normalized spacial score (nSPS) is 14.3. The molecule has 0 amide bonds. The van der Waals surface area contributed by atoms with Crippen LogP contribution >= 0.6 is 0 Å². The van der Waals surface area contributed by atoms with Crippen molar-refractivity contribution in [2.45, 2.75) is 24.3 Å². The Morgan fingerprint density at radius 1 is 1.35 bits per heavy atom. The summed E-state index contributed by atoms with van der Waals surface area (Å²) < 4.78 is 37.4. The van der Waals surface area contributed by atoms with E-state index >= 15 is 0 Å². The smallest absolute Gasteiger partial charge is 0.319 e. The summed E-state index contributed by atoms with van der Waals surface area (Å²) in [4.78, 5) is 10.8. The van der Waals surface area contributed by atoms with Crippen LogP contribution in [0.3, 0.4) is 0 Å². The second-order valence-corrected chi connectivity index (χ2v) is 5.16. The Balaban J connectivity index is 2.83. The third-order valence-corrected chi connectivity index (χ3v) is 3.98. The van der Waals surface area contributed by atoms with E-state index in [1.807, 2.05) is 0 Å². The molecule has 0 bridgehead atoms. The van der Waals surface area contributed by atoms with Gasteiger partial charge in [-0.05, 0) is 24.1 Å². The van der Waals surface area contributed by atoms with E-state index in [4.69, 9.17) is 5.11 Å². The lowest BCUT2D eigenvalue weighted by Crippen LogP contribution is -2.25. The van der Waals surface area contributed by atoms with Crippen molar-refractivity contribution in [2.75, 3.05) is 0 Å². The predicted molar refractivity (Wildman–Crippen MR) is 59.9 cm³/mol. The molecule has 0 fully saturated rings. The molecule has 0 saturated heterocycles. The second kappa shape index (κ2) is 5.86. The van der Waals surface area contributed by atoms with Gasteiger partial charge >= 0.3 is 5.97 Å². The van der Waals surface area contributed by atoms with Gasteiger partial charge in [0.15, 0.2) is 0 Å². The summed E-state index contributed by atoms with van der Waals surface area (Å²) in [5.41, 5.74) is 0.195. The van der Waals surface area contributed by atoms with Crippen molar-refractivity contribution < 1.29 is 22.9 Å². The number of halogens is 2. The summed E-state index contributed by atoms with van der Waals surface area (Å²) in [5.74, 6) is -2.86. The number of hydrogen-bond acceptors (Lipinski definition) is 2. The molecule has 17 heavy (non-hydrogen) atoms. The molecule has 0 spiro atoms. The SMILES string of the molecule is CCC(C(=O)O)S(=O)Cc1cc(F)cc(F)c1. The maximum Gasteiger partial charge on any atom is 0.319 e. The molecular weight excluding hydrogens is 250 g/mol. The number of carboxylic acids is 1. The van der Waals surface area contributed by atoms with Gasteiger partial charge in [-0.3, -0.25) is 9.00 Å². The fraction of sp³-hybridized carbons (Fsp3) is 0.364. The number of hydrogen-bond donors (Lipinski definition) is 1. The van der Waals surface area contributed by atoms with Gasteiger partial charge in [0.2, 0.25) is 0 Å². The van der Waals surface area contributed by atoms with E-state index in [1.54, 1.807) is 6.92 Å². The summed E-state index contributed by atoms with van der Waals surface area (Å²) in [6.45, 7) is 1.60. The Labute approximate surface area is 99.9 Å². The first-order chi connectivity index (χ1) is 7.93. The first kappa shape index (κ1) is 13.8. The highest BCUT2D eigenvalue weighted by Crippen LogP contribution is 2.13. The number of rotatable bonds is 5. The first-order valence-electron chi connectivity index (χ1n) is 4.99. The number of benzene rings is 1. The molecule has 94 valence electrons. The Kier molecular flexibility index (Phi) is 4.74. The summed E-state index contributed by atoms with van der Waals surface area (Å²) >= 11 is 0. The molecule has 0 aliphatic carbocycles. The van der Waals surface area contributed by atoms with Gasteiger partial charge in [-0.2, -0.15) is 0 Å². The zero-order valence-corrected chi connectivity index (χ0v) is 9.97. The minimum absolute atomic E-state index is 0.167. The molecule has 2 unspecified atom stereocenters. The van der Waals surface area contributed by atoms with Gasteiger partial charge in [-0.15, -0.1) is 0 Å². The second-order valence-electron chi connectivity index (χ2n) is 3.54. The van der Waals surface area contributed by atoms with Gasteiger partial charge < -0.3 is 5.11 Å². The Morgan fingerprint density at radius 3 is 2.29 bits per heavy atom. The van der Waals surface area contributed by atoms with Crippen molar-refractivity contribution in [3.63, 3.8) is 0 Å². The maximum absolute atomic E-state index is 12.9. The highest BCUT2D eigenvalue weighted by molar-refractivity contribution is 7.85. The average molecular weight is 262 g/mol. The highest BCUT2D eigenvalue weighted by Gasteiger charge is 2.22. The topological polar surface area (TPSA) is 54.4 Å². The molecule has 0 aliphatic heterocycles. The van der Waals surface area contributed by atoms with Gasteiger partial charge in [0.05, 0.1) is 0 Å². The zero-order valence-electron chi connectivity index (χ0n) is 9.15. The maximum atomic E-state index is 12.9. The molecule has 0 saturated carbocycles. The fourth-order valence-electron chi connectivity index (χ4n) is 1.43. The standard InChI is InChI=1S/C11H12F2O3S/c1-2-10(11(14)15)17(16)6-7-3-8(12)5-9(13)4-7/h3-5,10H,2,6H2,1H3,(H,14,15). The monoisotopic (exact) mass is 262 g/mol. The van der Waals surface area contributed by atoms with E-state index < -0.39 is 33.7 Å². The Morgan fingerprint density at radius 2 is 1.88 bits per heavy atom. The molecule has 1 aromatic rings. The van der Waals surface area contributed by atoms with Crippen LogP contribution in [0.25, 0.3) is 0 Å². The van der Waals surface area contributed by atoms with E-state index in [1.165, 1.54) is 0 Å². The van der Waals surface area contributed by atoms with Gasteiger partial charge in [-0.25, -0.2) is 8.78 Å². The van der Waals surface area contributed by atoms with E-state index in [0.717, 1.165) is 12.1 Å². The Hall–Kier alpha value is -1.30. The minimum Gasteiger partial charge on any atom is -0.480 e. The summed E-state index contributed by atoms with van der Waals surface area (Å²) in [7, 11) is -1.69. The number of carboxylic acid groups (broad SMARTS) is 1. The van der Waals surface area contributed by atoms with Crippen LogP contribution in [0.1, 0.15) is 18.9 Å². The molecule has 0 radical (unpaired) electrons. The number of carbonyl (C=O) groups is 1. The van der Waals surface area contributed by atoms with Crippen LogP contribution in [0.4, 0.5) is 8.78 Å². The van der Waals surface area contributed by atoms with Crippen molar-refractivity contribution in [3.05, 3.63) is 35.4 Å². The van der Waals surface area contributed by atoms with Gasteiger partial charge in [0.25, 0.3) is 0 Å². The molecule has 3 nitrogen and oxygen atoms in total. The van der Waals surface area contributed by atoms with Crippen LogP contribution in [0.15, 0.2) is 18.2 Å². The molecule has 0 aromatic heterocycles. The minimum atomic E-state index is -1.69. The summed E-state index contributed by atoms with van der Waals surface area (Å²) in [6.07, 6.45) is 0.208. The van der Waals surface area contributed by atoms with E-state index in [0.29, 0.717) is 6.07 Å². The lowest BCUT2D eigenvalue weighted by molar-refractivity contribution is -0.136. The largest absolute Gasteiger partial charge is 0.480 e. The molecule has 1 aromatic carbocycles. The van der Waals surface area contributed by atoms with Crippen molar-refractivity contribution in [3.8, 4) is 0 Å². The average Bonchev–Trinajstić information content (AvgIpc) is 2.15. The molecule has 6 heteroatoms. The predicted octanol–water partition coefficient (Wildman–Crippen LogP) is 2.08. The lowest BCUT2D eigenvalue weighted by atomic mass is 10.2. The van der Waals surface area contributed by atoms with Crippen LogP contribution in [0, 0.1) is 11.6 Å². The van der Waals surface area contributed by atoms with Crippen molar-refractivity contribution >= 4 is 16.8 Å². The van der Waals surface area contributed by atoms with Gasteiger partial charge in [-0.1, -0.05) is 6.92 Å². The molecule has 1 N–H and O–H groups in total. The lowest BCUT2D eigenvalue weighted by Gasteiger charge is -2.09. The fourth-order valence-corrected chi connectivity index (χ4v) is 2.73. The first-order valence-corrected chi connectivity index (χ1v) is 6.37. The highest BCUT2D eigenvalue weighted by atomic mass is 32.2. The van der Waals surface area contributed by atoms with E-state index in [-0.39, 0.29) is 17.7 Å². The van der Waals surface area contributed by atoms with Gasteiger partial charge in [0, 0.05) is 22.6 Å². The van der Waals surface area contributed by atoms with E-state index in [9.17, 15) is 17.8 Å². The van der Waals surface area contributed by atoms with Crippen LogP contribution < -0.4 is 0 Å². The third kappa shape index (κ3) is 3.89. The quantitative estimate of drug-likeness (QED) is 0.883. The van der Waals surface area contributed by atoms with Gasteiger partial charge in [0.1, 0.15) is 16.9 Å². The van der Waals surface area contributed by atoms with Crippen LogP contribution in [0.2, 0.25) is 0 Å². The van der Waals surface area contributed by atoms with Crippen molar-refractivity contribution in [1.82, 2.24) is 0 Å². The molecular formula is C11H12F2O3S. The zero-order chi connectivity index (χ0) is 13.0. The summed E-state index contributed by atoms with van der Waals surface area (Å²) in [6, 6.07) is 2.81. The van der Waals surface area contributed by atoms with Crippen molar-refractivity contribution in [1.29, 1.82) is 0 Å². The number of aliphatic carboxylic acids is 1. The Bertz CT molecular complexity index is 428. The van der Waals surface area contributed by atoms with Crippen molar-refractivity contribution in [2.24, 2.45) is 0 Å². The van der Waals surface area contributed by atoms with E-state index in [2.05, 4.69) is 0 Å². The third-order valence-electron chi connectivity index (χ3n) is 2.19. The molecule has 2 atom stereocenters. The molecule has 0 heterocycles. The van der Waals surface area contributed by atoms with Crippen LogP contribution in [-0.2, 0) is 21.3 Å². The van der Waals surface area contributed by atoms with Crippen LogP contribution in [0.5, 0.6) is 0 Å². The molecule has 1 rings (SSSR count). The summed E-state index contributed by atoms with van der Waals surface area (Å²) in [5, 5.41) is 7.78.